The molecule has 1 aliphatic rings. The van der Waals surface area contributed by atoms with Crippen molar-refractivity contribution in [2.75, 3.05) is 38.2 Å². The van der Waals surface area contributed by atoms with Gasteiger partial charge in [0.2, 0.25) is 0 Å². The van der Waals surface area contributed by atoms with Crippen LogP contribution in [-0.4, -0.2) is 38.2 Å². The number of piperazine rings is 1. The van der Waals surface area contributed by atoms with E-state index in [2.05, 4.69) is 21.9 Å². The standard InChI is InChI=1S/C21H20Cl2N2O3/c1-27-17-4-2-16(3-5-17)25-8-6-24(7-9-25)12-14-13-28-21-18(20(14)26)10-15(22)11-19(21)23/h2-5,10-11,13H,6-9,12H2,1H3. The third kappa shape index (κ3) is 3.83. The predicted molar refractivity (Wildman–Crippen MR) is 113 cm³/mol. The topological polar surface area (TPSA) is 45.9 Å². The molecule has 0 N–H and O–H groups in total. The average molecular weight is 419 g/mol. The summed E-state index contributed by atoms with van der Waals surface area (Å²) in [5, 5.41) is 1.20. The maximum absolute atomic E-state index is 12.8. The Morgan fingerprint density at radius 1 is 1.07 bits per heavy atom. The van der Waals surface area contributed by atoms with Gasteiger partial charge in [-0.25, -0.2) is 0 Å². The van der Waals surface area contributed by atoms with Gasteiger partial charge in [-0.15, -0.1) is 0 Å². The zero-order chi connectivity index (χ0) is 19.7. The number of rotatable bonds is 4. The number of nitrogens with zero attached hydrogens (tertiary/aromatic N) is 2. The third-order valence-electron chi connectivity index (χ3n) is 5.07. The zero-order valence-corrected chi connectivity index (χ0v) is 17.0. The van der Waals surface area contributed by atoms with Crippen LogP contribution in [0.2, 0.25) is 10.0 Å². The number of benzene rings is 2. The van der Waals surface area contributed by atoms with Crippen molar-refractivity contribution < 1.29 is 9.15 Å². The van der Waals surface area contributed by atoms with E-state index in [1.165, 1.54) is 12.0 Å². The summed E-state index contributed by atoms with van der Waals surface area (Å²) in [5.41, 5.74) is 2.09. The fourth-order valence-corrected chi connectivity index (χ4v) is 4.05. The van der Waals surface area contributed by atoms with Gasteiger partial charge in [0.05, 0.1) is 23.8 Å². The van der Waals surface area contributed by atoms with Crippen LogP contribution in [0, 0.1) is 0 Å². The van der Waals surface area contributed by atoms with Crippen molar-refractivity contribution in [1.29, 1.82) is 0 Å². The van der Waals surface area contributed by atoms with E-state index < -0.39 is 0 Å². The SMILES string of the molecule is COc1ccc(N2CCN(Cc3coc4c(Cl)cc(Cl)cc4c3=O)CC2)cc1. The van der Waals surface area contributed by atoms with Crippen LogP contribution in [0.25, 0.3) is 11.0 Å². The molecule has 4 rings (SSSR count). The largest absolute Gasteiger partial charge is 0.497 e. The van der Waals surface area contributed by atoms with E-state index in [4.69, 9.17) is 32.4 Å². The summed E-state index contributed by atoms with van der Waals surface area (Å²) in [5.74, 6) is 0.852. The summed E-state index contributed by atoms with van der Waals surface area (Å²) in [6.07, 6.45) is 1.51. The molecule has 0 radical (unpaired) electrons. The van der Waals surface area contributed by atoms with Crippen LogP contribution < -0.4 is 15.1 Å². The smallest absolute Gasteiger partial charge is 0.197 e. The molecule has 3 aromatic rings. The average Bonchev–Trinajstić information content (AvgIpc) is 2.71. The van der Waals surface area contributed by atoms with Gasteiger partial charge in [-0.3, -0.25) is 9.69 Å². The summed E-state index contributed by atoms with van der Waals surface area (Å²) in [4.78, 5) is 17.4. The van der Waals surface area contributed by atoms with Crippen LogP contribution in [-0.2, 0) is 6.54 Å². The van der Waals surface area contributed by atoms with Gasteiger partial charge in [0.15, 0.2) is 11.0 Å². The lowest BCUT2D eigenvalue weighted by molar-refractivity contribution is 0.247. The van der Waals surface area contributed by atoms with Gasteiger partial charge in [0.1, 0.15) is 5.75 Å². The lowest BCUT2D eigenvalue weighted by Gasteiger charge is -2.36. The van der Waals surface area contributed by atoms with E-state index in [0.29, 0.717) is 33.1 Å². The van der Waals surface area contributed by atoms with Gasteiger partial charge < -0.3 is 14.1 Å². The molecule has 2 heterocycles. The number of fused-ring (bicyclic) bond motifs is 1. The number of hydrogen-bond acceptors (Lipinski definition) is 5. The Morgan fingerprint density at radius 2 is 1.79 bits per heavy atom. The molecule has 0 spiro atoms. The number of halogens is 2. The van der Waals surface area contributed by atoms with Gasteiger partial charge in [0, 0.05) is 49.0 Å². The third-order valence-corrected chi connectivity index (χ3v) is 5.57. The fraction of sp³-hybridized carbons (Fsp3) is 0.286. The lowest BCUT2D eigenvalue weighted by Crippen LogP contribution is -2.46. The van der Waals surface area contributed by atoms with Crippen LogP contribution in [0.5, 0.6) is 5.75 Å². The van der Waals surface area contributed by atoms with Crippen LogP contribution in [0.4, 0.5) is 5.69 Å². The Labute approximate surface area is 173 Å². The summed E-state index contributed by atoms with van der Waals surface area (Å²) in [6.45, 7) is 4.05. The maximum Gasteiger partial charge on any atom is 0.197 e. The van der Waals surface area contributed by atoms with E-state index in [9.17, 15) is 4.79 Å². The number of ether oxygens (including phenoxy) is 1. The van der Waals surface area contributed by atoms with Crippen molar-refractivity contribution in [3.05, 3.63) is 68.5 Å². The highest BCUT2D eigenvalue weighted by Crippen LogP contribution is 2.27. The first-order chi connectivity index (χ1) is 13.5. The van der Waals surface area contributed by atoms with E-state index in [1.807, 2.05) is 12.1 Å². The highest BCUT2D eigenvalue weighted by atomic mass is 35.5. The van der Waals surface area contributed by atoms with E-state index in [0.717, 1.165) is 31.9 Å². The van der Waals surface area contributed by atoms with Gasteiger partial charge in [-0.05, 0) is 36.4 Å². The minimum absolute atomic E-state index is 0.0803. The summed E-state index contributed by atoms with van der Waals surface area (Å²) in [7, 11) is 1.67. The minimum atomic E-state index is -0.0803. The Morgan fingerprint density at radius 3 is 2.46 bits per heavy atom. The molecule has 28 heavy (non-hydrogen) atoms. The maximum atomic E-state index is 12.8. The van der Waals surface area contributed by atoms with Gasteiger partial charge in [0.25, 0.3) is 0 Å². The van der Waals surface area contributed by atoms with Crippen LogP contribution in [0.3, 0.4) is 0 Å². The van der Waals surface area contributed by atoms with Crippen molar-refractivity contribution in [2.24, 2.45) is 0 Å². The first-order valence-corrected chi connectivity index (χ1v) is 9.81. The molecule has 0 bridgehead atoms. The monoisotopic (exact) mass is 418 g/mol. The summed E-state index contributed by atoms with van der Waals surface area (Å²) in [6, 6.07) is 11.3. The quantitative estimate of drug-likeness (QED) is 0.626. The Bertz CT molecular complexity index is 1040. The highest BCUT2D eigenvalue weighted by Gasteiger charge is 2.19. The van der Waals surface area contributed by atoms with Crippen LogP contribution in [0.15, 0.2) is 51.9 Å². The molecular weight excluding hydrogens is 399 g/mol. The van der Waals surface area contributed by atoms with Gasteiger partial charge in [-0.1, -0.05) is 23.2 Å². The van der Waals surface area contributed by atoms with Gasteiger partial charge >= 0.3 is 0 Å². The Balaban J connectivity index is 1.46. The Hall–Kier alpha value is -2.21. The number of anilines is 1. The second-order valence-electron chi connectivity index (χ2n) is 6.82. The second-order valence-corrected chi connectivity index (χ2v) is 7.66. The number of methoxy groups -OCH3 is 1. The lowest BCUT2D eigenvalue weighted by atomic mass is 10.1. The molecule has 146 valence electrons. The molecule has 5 nitrogen and oxygen atoms in total. The van der Waals surface area contributed by atoms with E-state index in [1.54, 1.807) is 19.2 Å². The molecule has 0 saturated carbocycles. The molecule has 0 aliphatic carbocycles. The molecule has 0 atom stereocenters. The molecule has 0 amide bonds. The van der Waals surface area contributed by atoms with Crippen molar-refractivity contribution >= 4 is 39.9 Å². The summed E-state index contributed by atoms with van der Waals surface area (Å²) < 4.78 is 10.8. The molecular formula is C21H20Cl2N2O3. The van der Waals surface area contributed by atoms with Crippen molar-refractivity contribution in [3.63, 3.8) is 0 Å². The number of hydrogen-bond donors (Lipinski definition) is 0. The highest BCUT2D eigenvalue weighted by molar-refractivity contribution is 6.38. The van der Waals surface area contributed by atoms with Gasteiger partial charge in [-0.2, -0.15) is 0 Å². The zero-order valence-electron chi connectivity index (χ0n) is 15.5. The molecule has 1 saturated heterocycles. The molecule has 1 fully saturated rings. The second kappa shape index (κ2) is 8.03. The first kappa shape index (κ1) is 19.1. The van der Waals surface area contributed by atoms with Crippen molar-refractivity contribution in [3.8, 4) is 5.75 Å². The molecule has 2 aromatic carbocycles. The van der Waals surface area contributed by atoms with Crippen LogP contribution in [0.1, 0.15) is 5.56 Å². The normalized spacial score (nSPS) is 15.2. The van der Waals surface area contributed by atoms with Crippen LogP contribution >= 0.6 is 23.2 Å². The Kier molecular flexibility index (Phi) is 5.49. The molecule has 7 heteroatoms. The van der Waals surface area contributed by atoms with Crippen molar-refractivity contribution in [1.82, 2.24) is 4.90 Å². The van der Waals surface area contributed by atoms with E-state index >= 15 is 0 Å². The fourth-order valence-electron chi connectivity index (χ4n) is 3.51. The summed E-state index contributed by atoms with van der Waals surface area (Å²) >= 11 is 12.2. The molecule has 1 aromatic heterocycles. The molecule has 0 unspecified atom stereocenters. The minimum Gasteiger partial charge on any atom is -0.497 e. The van der Waals surface area contributed by atoms with E-state index in [-0.39, 0.29) is 5.43 Å². The first-order valence-electron chi connectivity index (χ1n) is 9.06. The predicted octanol–water partition coefficient (Wildman–Crippen LogP) is 4.43. The molecule has 1 aliphatic heterocycles. The van der Waals surface area contributed by atoms with Crippen molar-refractivity contribution in [2.45, 2.75) is 6.54 Å².